The van der Waals surface area contributed by atoms with Gasteiger partial charge in [0, 0.05) is 0 Å². The van der Waals surface area contributed by atoms with Crippen molar-refractivity contribution < 1.29 is 19.0 Å². The van der Waals surface area contributed by atoms with Crippen molar-refractivity contribution in [2.75, 3.05) is 6.29 Å². The number of hydrogen-bond acceptors (Lipinski definition) is 4. The molecule has 0 aliphatic heterocycles. The fourth-order valence-electron chi connectivity index (χ4n) is 0.928. The Kier molecular flexibility index (Phi) is 5.58. The summed E-state index contributed by atoms with van der Waals surface area (Å²) in [7, 11) is -2.56. The zero-order chi connectivity index (χ0) is 10.4. The standard InChI is InChI=1S/C7H14NO4P/c1-5(2)3-6(7(9)10)8-4-13(11)12/h5-6,8H,3-4H2,1-2H3,(H,9,10). The molecule has 0 spiro atoms. The third-order valence-electron chi connectivity index (χ3n) is 1.47. The average molecular weight is 207 g/mol. The Morgan fingerprint density at radius 1 is 1.46 bits per heavy atom. The van der Waals surface area contributed by atoms with Crippen LogP contribution < -0.4 is 5.32 Å². The summed E-state index contributed by atoms with van der Waals surface area (Å²) in [5.74, 6) is -0.788. The molecule has 0 aromatic rings. The summed E-state index contributed by atoms with van der Waals surface area (Å²) in [6.07, 6.45) is 0.150. The summed E-state index contributed by atoms with van der Waals surface area (Å²) < 4.78 is 20.4. The number of rotatable bonds is 6. The molecule has 1 atom stereocenters. The van der Waals surface area contributed by atoms with E-state index < -0.39 is 19.7 Å². The second-order valence-corrected chi connectivity index (χ2v) is 4.20. The molecular formula is C7H14NO4P. The monoisotopic (exact) mass is 207 g/mol. The predicted octanol–water partition coefficient (Wildman–Crippen LogP) is 1.21. The van der Waals surface area contributed by atoms with Gasteiger partial charge in [0.1, 0.15) is 12.3 Å². The Morgan fingerprint density at radius 2 is 2.00 bits per heavy atom. The smallest absolute Gasteiger partial charge is 0.329 e. The van der Waals surface area contributed by atoms with Crippen LogP contribution in [-0.4, -0.2) is 23.4 Å². The lowest BCUT2D eigenvalue weighted by molar-refractivity contribution is -0.139. The number of carbonyl (C=O) groups is 1. The average Bonchev–Trinajstić information content (AvgIpc) is 1.96. The van der Waals surface area contributed by atoms with Gasteiger partial charge < -0.3 is 5.11 Å². The van der Waals surface area contributed by atoms with Crippen LogP contribution in [-0.2, 0) is 13.9 Å². The molecule has 0 rings (SSSR count). The van der Waals surface area contributed by atoms with Crippen molar-refractivity contribution >= 4 is 13.6 Å². The molecule has 0 fully saturated rings. The third-order valence-corrected chi connectivity index (χ3v) is 1.91. The van der Waals surface area contributed by atoms with Gasteiger partial charge in [-0.1, -0.05) is 13.8 Å². The molecule has 13 heavy (non-hydrogen) atoms. The topological polar surface area (TPSA) is 83.5 Å². The maximum Gasteiger partial charge on any atom is 0.329 e. The Hall–Kier alpha value is -0.670. The highest BCUT2D eigenvalue weighted by Crippen LogP contribution is 2.07. The second-order valence-electron chi connectivity index (χ2n) is 3.22. The van der Waals surface area contributed by atoms with Crippen molar-refractivity contribution in [1.82, 2.24) is 5.32 Å². The van der Waals surface area contributed by atoms with Crippen LogP contribution in [0.15, 0.2) is 0 Å². The van der Waals surface area contributed by atoms with Gasteiger partial charge in [-0.05, 0) is 12.3 Å². The van der Waals surface area contributed by atoms with E-state index in [1.807, 2.05) is 13.8 Å². The minimum atomic E-state index is -2.56. The molecule has 0 aliphatic rings. The molecule has 0 saturated heterocycles. The predicted molar refractivity (Wildman–Crippen MR) is 47.2 cm³/mol. The van der Waals surface area contributed by atoms with Gasteiger partial charge in [-0.15, -0.1) is 0 Å². The first kappa shape index (κ1) is 12.3. The number of hydrogen-bond donors (Lipinski definition) is 2. The van der Waals surface area contributed by atoms with Crippen molar-refractivity contribution in [1.29, 1.82) is 0 Å². The largest absolute Gasteiger partial charge is 0.480 e. The molecule has 0 aromatic carbocycles. The molecular weight excluding hydrogens is 193 g/mol. The van der Waals surface area contributed by atoms with Crippen LogP contribution >= 0.6 is 7.68 Å². The van der Waals surface area contributed by atoms with Gasteiger partial charge in [0.25, 0.3) is 0 Å². The molecule has 5 nitrogen and oxygen atoms in total. The number of carboxylic acid groups (broad SMARTS) is 1. The summed E-state index contributed by atoms with van der Waals surface area (Å²) in [6.45, 7) is 3.77. The maximum atomic E-state index is 10.6. The fraction of sp³-hybridized carbons (Fsp3) is 0.857. The van der Waals surface area contributed by atoms with Crippen molar-refractivity contribution in [3.8, 4) is 0 Å². The summed E-state index contributed by atoms with van der Waals surface area (Å²) in [6, 6.07) is -0.770. The van der Waals surface area contributed by atoms with E-state index in [9.17, 15) is 13.9 Å². The molecule has 2 N–H and O–H groups in total. The lowest BCUT2D eigenvalue weighted by atomic mass is 10.0. The quantitative estimate of drug-likeness (QED) is 0.639. The van der Waals surface area contributed by atoms with Crippen LogP contribution in [0.5, 0.6) is 0 Å². The molecule has 0 saturated carbocycles. The van der Waals surface area contributed by atoms with Gasteiger partial charge in [-0.3, -0.25) is 10.1 Å². The minimum Gasteiger partial charge on any atom is -0.480 e. The Bertz CT molecular complexity index is 229. The second kappa shape index (κ2) is 5.89. The normalized spacial score (nSPS) is 12.8. The molecule has 0 aromatic heterocycles. The Morgan fingerprint density at radius 3 is 2.31 bits per heavy atom. The van der Waals surface area contributed by atoms with Crippen molar-refractivity contribution in [2.45, 2.75) is 26.3 Å². The van der Waals surface area contributed by atoms with Gasteiger partial charge >= 0.3 is 13.6 Å². The summed E-state index contributed by atoms with van der Waals surface area (Å²) in [4.78, 5) is 10.6. The number of carboxylic acids is 1. The number of aliphatic carboxylic acids is 1. The first-order valence-electron chi connectivity index (χ1n) is 4.01. The van der Waals surface area contributed by atoms with Gasteiger partial charge in [0.15, 0.2) is 0 Å². The van der Waals surface area contributed by atoms with Crippen molar-refractivity contribution in [2.24, 2.45) is 5.92 Å². The summed E-state index contributed by atoms with van der Waals surface area (Å²) in [5, 5.41) is 11.1. The van der Waals surface area contributed by atoms with Crippen molar-refractivity contribution in [3.05, 3.63) is 0 Å². The van der Waals surface area contributed by atoms with Crippen LogP contribution in [0, 0.1) is 5.92 Å². The highest BCUT2D eigenvalue weighted by molar-refractivity contribution is 7.30. The Labute approximate surface area is 77.3 Å². The Balaban J connectivity index is 4.02. The van der Waals surface area contributed by atoms with E-state index in [-0.39, 0.29) is 12.2 Å². The molecule has 1 unspecified atom stereocenters. The van der Waals surface area contributed by atoms with Gasteiger partial charge in [0.05, 0.1) is 0 Å². The van der Waals surface area contributed by atoms with E-state index in [1.54, 1.807) is 0 Å². The first-order chi connectivity index (χ1) is 5.93. The molecule has 0 aliphatic carbocycles. The molecule has 6 heteroatoms. The lowest BCUT2D eigenvalue weighted by Gasteiger charge is -2.13. The third kappa shape index (κ3) is 6.49. The zero-order valence-corrected chi connectivity index (χ0v) is 8.58. The van der Waals surface area contributed by atoms with Crippen LogP contribution in [0.3, 0.4) is 0 Å². The number of nitrogens with one attached hydrogen (secondary N) is 1. The van der Waals surface area contributed by atoms with Crippen LogP contribution in [0.2, 0.25) is 0 Å². The minimum absolute atomic E-state index is 0.220. The van der Waals surface area contributed by atoms with Gasteiger partial charge in [0.2, 0.25) is 0 Å². The van der Waals surface area contributed by atoms with Crippen molar-refractivity contribution in [3.63, 3.8) is 0 Å². The molecule has 0 radical (unpaired) electrons. The van der Waals surface area contributed by atoms with Crippen LogP contribution in [0.4, 0.5) is 0 Å². The van der Waals surface area contributed by atoms with E-state index in [2.05, 4.69) is 5.32 Å². The highest BCUT2D eigenvalue weighted by Gasteiger charge is 2.18. The van der Waals surface area contributed by atoms with E-state index >= 15 is 0 Å². The van der Waals surface area contributed by atoms with E-state index in [1.165, 1.54) is 0 Å². The van der Waals surface area contributed by atoms with E-state index in [4.69, 9.17) is 5.11 Å². The fourth-order valence-corrected chi connectivity index (χ4v) is 1.30. The summed E-state index contributed by atoms with van der Waals surface area (Å²) in [5.41, 5.74) is 0. The van der Waals surface area contributed by atoms with E-state index in [0.717, 1.165) is 0 Å². The summed E-state index contributed by atoms with van der Waals surface area (Å²) >= 11 is 0. The SMILES string of the molecule is CC(C)CC(NCP(=O)=O)C(=O)O. The van der Waals surface area contributed by atoms with E-state index in [0.29, 0.717) is 6.42 Å². The zero-order valence-electron chi connectivity index (χ0n) is 7.69. The van der Waals surface area contributed by atoms with Gasteiger partial charge in [-0.2, -0.15) is 0 Å². The molecule has 76 valence electrons. The van der Waals surface area contributed by atoms with Crippen LogP contribution in [0.25, 0.3) is 0 Å². The van der Waals surface area contributed by atoms with Crippen LogP contribution in [0.1, 0.15) is 20.3 Å². The molecule has 0 heterocycles. The van der Waals surface area contributed by atoms with Gasteiger partial charge in [-0.25, -0.2) is 9.13 Å². The first-order valence-corrected chi connectivity index (χ1v) is 5.37. The lowest BCUT2D eigenvalue weighted by Crippen LogP contribution is -2.37. The molecule has 0 bridgehead atoms. The highest BCUT2D eigenvalue weighted by atomic mass is 31.1. The maximum absolute atomic E-state index is 10.6. The molecule has 0 amide bonds.